The summed E-state index contributed by atoms with van der Waals surface area (Å²) >= 11 is 9.32. The lowest BCUT2D eigenvalue weighted by molar-refractivity contribution is -0.159. The fraction of sp³-hybridized carbons (Fsp3) is 0.500. The number of hydrogen-bond acceptors (Lipinski definition) is 5. The van der Waals surface area contributed by atoms with Crippen molar-refractivity contribution in [3.63, 3.8) is 0 Å². The van der Waals surface area contributed by atoms with Crippen molar-refractivity contribution >= 4 is 56.9 Å². The molecule has 2 saturated carbocycles. The molecule has 3 aliphatic rings. The van der Waals surface area contributed by atoms with Crippen molar-refractivity contribution in [1.29, 1.82) is 0 Å². The molecule has 0 unspecified atom stereocenters. The third kappa shape index (κ3) is 3.57. The maximum Gasteiger partial charge on any atom is 0.329 e. The largest absolute Gasteiger partial charge is 0.454 e. The zero-order valence-electron chi connectivity index (χ0n) is 15.7. The lowest BCUT2D eigenvalue weighted by atomic mass is 9.81. The number of amides is 3. The van der Waals surface area contributed by atoms with Crippen LogP contribution in [-0.4, -0.2) is 41.2 Å². The van der Waals surface area contributed by atoms with Gasteiger partial charge in [0.15, 0.2) is 6.61 Å². The normalized spacial score (nSPS) is 28.4. The van der Waals surface area contributed by atoms with Crippen molar-refractivity contribution in [1.82, 2.24) is 4.90 Å². The number of fused-ring (bicyclic) bond motifs is 5. The van der Waals surface area contributed by atoms with Crippen molar-refractivity contribution in [2.75, 3.05) is 11.9 Å². The molecule has 1 aromatic carbocycles. The molecule has 5 atom stereocenters. The molecule has 1 aliphatic heterocycles. The Morgan fingerprint density at radius 3 is 2.45 bits per heavy atom. The Balaban J connectivity index is 1.34. The van der Waals surface area contributed by atoms with Gasteiger partial charge in [0.2, 0.25) is 11.8 Å². The molecule has 0 radical (unpaired) electrons. The Bertz CT molecular complexity index is 879. The highest BCUT2D eigenvalue weighted by Crippen LogP contribution is 2.56. The van der Waals surface area contributed by atoms with E-state index in [0.29, 0.717) is 10.7 Å². The minimum absolute atomic E-state index is 0.246. The van der Waals surface area contributed by atoms with E-state index >= 15 is 0 Å². The predicted molar refractivity (Wildman–Crippen MR) is 108 cm³/mol. The van der Waals surface area contributed by atoms with Crippen molar-refractivity contribution in [2.45, 2.75) is 32.2 Å². The molecule has 1 N–H and O–H groups in total. The second kappa shape index (κ2) is 7.72. The number of likely N-dealkylation sites (tertiary alicyclic amines) is 1. The molecule has 1 heterocycles. The number of nitrogens with zero attached hydrogens (tertiary/aromatic N) is 1. The van der Waals surface area contributed by atoms with E-state index in [1.165, 1.54) is 6.92 Å². The SMILES string of the molecule is C[C@H](C(=O)OCC(=O)Nc1ccc(Br)cc1Cl)N1C(=O)[C@H]2[C@H]3CC[C@@H](C3)[C@@H]2C1=O. The highest BCUT2D eigenvalue weighted by atomic mass is 79.9. The lowest BCUT2D eigenvalue weighted by Gasteiger charge is -2.23. The second-order valence-electron chi connectivity index (χ2n) is 7.89. The zero-order chi connectivity index (χ0) is 20.9. The van der Waals surface area contributed by atoms with Gasteiger partial charge >= 0.3 is 5.97 Å². The van der Waals surface area contributed by atoms with Gasteiger partial charge in [-0.2, -0.15) is 0 Å². The van der Waals surface area contributed by atoms with E-state index < -0.39 is 24.5 Å². The van der Waals surface area contributed by atoms with Crippen LogP contribution in [0.5, 0.6) is 0 Å². The van der Waals surface area contributed by atoms with Crippen LogP contribution in [0.4, 0.5) is 5.69 Å². The second-order valence-corrected chi connectivity index (χ2v) is 9.21. The number of benzene rings is 1. The Kier molecular flexibility index (Phi) is 5.42. The molecule has 9 heteroatoms. The first kappa shape index (κ1) is 20.3. The van der Waals surface area contributed by atoms with Gasteiger partial charge in [-0.1, -0.05) is 27.5 Å². The van der Waals surface area contributed by atoms with Gasteiger partial charge in [0.1, 0.15) is 6.04 Å². The third-order valence-corrected chi connectivity index (χ3v) is 7.05. The smallest absolute Gasteiger partial charge is 0.329 e. The van der Waals surface area contributed by atoms with Crippen LogP contribution in [0.3, 0.4) is 0 Å². The summed E-state index contributed by atoms with van der Waals surface area (Å²) in [6.07, 6.45) is 2.87. The van der Waals surface area contributed by atoms with Crippen LogP contribution in [0, 0.1) is 23.7 Å². The number of carbonyl (C=O) groups is 4. The highest BCUT2D eigenvalue weighted by molar-refractivity contribution is 9.10. The first-order chi connectivity index (χ1) is 13.8. The Morgan fingerprint density at radius 2 is 1.86 bits per heavy atom. The van der Waals surface area contributed by atoms with Crippen LogP contribution in [0.2, 0.25) is 5.02 Å². The number of carbonyl (C=O) groups excluding carboxylic acids is 4. The van der Waals surface area contributed by atoms with Crippen molar-refractivity contribution < 1.29 is 23.9 Å². The molecular formula is C20H20BrClN2O5. The predicted octanol–water partition coefficient (Wildman–Crippen LogP) is 3.00. The fourth-order valence-electron chi connectivity index (χ4n) is 4.95. The quantitative estimate of drug-likeness (QED) is 0.513. The molecule has 0 aromatic heterocycles. The van der Waals surface area contributed by atoms with E-state index in [2.05, 4.69) is 21.2 Å². The van der Waals surface area contributed by atoms with Crippen molar-refractivity contribution in [3.05, 3.63) is 27.7 Å². The molecule has 154 valence electrons. The number of halogens is 2. The molecule has 2 bridgehead atoms. The Hall–Kier alpha value is -1.93. The third-order valence-electron chi connectivity index (χ3n) is 6.24. The topological polar surface area (TPSA) is 92.8 Å². The van der Waals surface area contributed by atoms with E-state index in [1.54, 1.807) is 18.2 Å². The maximum absolute atomic E-state index is 12.8. The summed E-state index contributed by atoms with van der Waals surface area (Å²) < 4.78 is 5.82. The standard InChI is InChI=1S/C20H20BrClN2O5/c1-9(24-18(26)16-10-2-3-11(6-10)17(16)19(24)27)20(28)29-8-15(25)23-14-5-4-12(21)7-13(14)22/h4-5,7,9-11,16-17H,2-3,6,8H2,1H3,(H,23,25)/t9-,10+,11+,16+,17+/m1/s1. The number of imide groups is 1. The highest BCUT2D eigenvalue weighted by Gasteiger charge is 2.62. The van der Waals surface area contributed by atoms with Gasteiger partial charge in [0, 0.05) is 4.47 Å². The van der Waals surface area contributed by atoms with Crippen LogP contribution in [0.25, 0.3) is 0 Å². The maximum atomic E-state index is 12.8. The average Bonchev–Trinajstić information content (AvgIpc) is 3.35. The van der Waals surface area contributed by atoms with Crippen molar-refractivity contribution in [3.8, 4) is 0 Å². The number of rotatable bonds is 5. The van der Waals surface area contributed by atoms with E-state index in [1.807, 2.05) is 0 Å². The van der Waals surface area contributed by atoms with Gasteiger partial charge in [-0.15, -0.1) is 0 Å². The Morgan fingerprint density at radius 1 is 1.24 bits per heavy atom. The van der Waals surface area contributed by atoms with E-state index in [0.717, 1.165) is 28.6 Å². The minimum atomic E-state index is -1.05. The molecule has 3 fully saturated rings. The van der Waals surface area contributed by atoms with Gasteiger partial charge in [-0.25, -0.2) is 4.79 Å². The monoisotopic (exact) mass is 482 g/mol. The first-order valence-electron chi connectivity index (χ1n) is 9.56. The van der Waals surface area contributed by atoms with Crippen LogP contribution < -0.4 is 5.32 Å². The molecule has 2 aliphatic carbocycles. The molecule has 1 aromatic rings. The summed E-state index contributed by atoms with van der Waals surface area (Å²) in [7, 11) is 0. The molecule has 29 heavy (non-hydrogen) atoms. The number of ether oxygens (including phenoxy) is 1. The van der Waals surface area contributed by atoms with Gasteiger partial charge < -0.3 is 10.1 Å². The molecule has 0 spiro atoms. The Labute approximate surface area is 181 Å². The lowest BCUT2D eigenvalue weighted by Crippen LogP contribution is -2.45. The minimum Gasteiger partial charge on any atom is -0.454 e. The van der Waals surface area contributed by atoms with Crippen LogP contribution in [-0.2, 0) is 23.9 Å². The summed E-state index contributed by atoms with van der Waals surface area (Å²) in [6, 6.07) is 3.90. The van der Waals surface area contributed by atoms with Crippen LogP contribution in [0.15, 0.2) is 22.7 Å². The van der Waals surface area contributed by atoms with Crippen LogP contribution in [0.1, 0.15) is 26.2 Å². The zero-order valence-corrected chi connectivity index (χ0v) is 18.0. The van der Waals surface area contributed by atoms with Crippen molar-refractivity contribution in [2.24, 2.45) is 23.7 Å². The molecule has 1 saturated heterocycles. The summed E-state index contributed by atoms with van der Waals surface area (Å²) in [5.74, 6) is -1.99. The van der Waals surface area contributed by atoms with Gasteiger partial charge in [0.25, 0.3) is 5.91 Å². The van der Waals surface area contributed by atoms with E-state index in [9.17, 15) is 19.2 Å². The van der Waals surface area contributed by atoms with Crippen LogP contribution >= 0.6 is 27.5 Å². The summed E-state index contributed by atoms with van der Waals surface area (Å²) in [6.45, 7) is 0.925. The van der Waals surface area contributed by atoms with Gasteiger partial charge in [0.05, 0.1) is 22.5 Å². The molecule has 7 nitrogen and oxygen atoms in total. The summed E-state index contributed by atoms with van der Waals surface area (Å²) in [5, 5.41) is 2.89. The van der Waals surface area contributed by atoms with Gasteiger partial charge in [-0.05, 0) is 56.2 Å². The molecular weight excluding hydrogens is 464 g/mol. The number of esters is 1. The van der Waals surface area contributed by atoms with E-state index in [-0.39, 0.29) is 35.5 Å². The molecule has 3 amide bonds. The number of anilines is 1. The molecule has 4 rings (SSSR count). The average molecular weight is 484 g/mol. The summed E-state index contributed by atoms with van der Waals surface area (Å²) in [4.78, 5) is 51.1. The summed E-state index contributed by atoms with van der Waals surface area (Å²) in [5.41, 5.74) is 0.386. The fourth-order valence-corrected chi connectivity index (χ4v) is 5.67. The van der Waals surface area contributed by atoms with E-state index in [4.69, 9.17) is 16.3 Å². The number of hydrogen-bond donors (Lipinski definition) is 1. The number of nitrogens with one attached hydrogen (secondary N) is 1. The van der Waals surface area contributed by atoms with Gasteiger partial charge in [-0.3, -0.25) is 19.3 Å². The first-order valence-corrected chi connectivity index (χ1v) is 10.7.